The number of carboxylic acids is 1. The van der Waals surface area contributed by atoms with E-state index in [1.54, 1.807) is 0 Å². The molecular formula is C18H34N2O4. The van der Waals surface area contributed by atoms with Gasteiger partial charge in [-0.1, -0.05) is 58.3 Å². The van der Waals surface area contributed by atoms with E-state index in [0.717, 1.165) is 19.3 Å². The molecule has 0 fully saturated rings. The summed E-state index contributed by atoms with van der Waals surface area (Å²) in [6.07, 6.45) is 10.9. The van der Waals surface area contributed by atoms with Crippen molar-refractivity contribution >= 4 is 17.8 Å². The van der Waals surface area contributed by atoms with E-state index < -0.39 is 17.9 Å². The largest absolute Gasteiger partial charge is 0.480 e. The molecule has 1 atom stereocenters. The molecule has 0 aliphatic carbocycles. The van der Waals surface area contributed by atoms with Crippen LogP contribution in [0.2, 0.25) is 0 Å². The van der Waals surface area contributed by atoms with Gasteiger partial charge >= 0.3 is 5.97 Å². The van der Waals surface area contributed by atoms with E-state index in [0.29, 0.717) is 6.42 Å². The number of carbonyl (C=O) groups excluding carboxylic acids is 2. The van der Waals surface area contributed by atoms with Gasteiger partial charge in [-0.15, -0.1) is 0 Å². The Balaban J connectivity index is 3.91. The molecule has 6 heteroatoms. The summed E-state index contributed by atoms with van der Waals surface area (Å²) in [5.41, 5.74) is 5.05. The Labute approximate surface area is 145 Å². The van der Waals surface area contributed by atoms with E-state index in [4.69, 9.17) is 5.73 Å². The van der Waals surface area contributed by atoms with Crippen molar-refractivity contribution in [1.29, 1.82) is 0 Å². The second kappa shape index (κ2) is 13.8. The van der Waals surface area contributed by atoms with Crippen LogP contribution in [-0.2, 0) is 14.4 Å². The van der Waals surface area contributed by atoms with Crippen LogP contribution in [0.25, 0.3) is 0 Å². The predicted octanol–water partition coefficient (Wildman–Crippen LogP) is 3.08. The molecule has 2 amide bonds. The number of primary amides is 1. The first kappa shape index (κ1) is 22.4. The number of unbranched alkanes of at least 4 members (excludes halogenated alkanes) is 8. The van der Waals surface area contributed by atoms with Crippen molar-refractivity contribution in [2.24, 2.45) is 5.73 Å². The zero-order chi connectivity index (χ0) is 18.4. The van der Waals surface area contributed by atoms with Gasteiger partial charge in [-0.2, -0.15) is 0 Å². The second-order valence-corrected chi connectivity index (χ2v) is 6.44. The number of aliphatic carboxylic acids is 1. The van der Waals surface area contributed by atoms with E-state index in [9.17, 15) is 19.5 Å². The molecule has 0 aromatic carbocycles. The Kier molecular flexibility index (Phi) is 12.9. The van der Waals surface area contributed by atoms with Crippen molar-refractivity contribution in [3.63, 3.8) is 0 Å². The van der Waals surface area contributed by atoms with Gasteiger partial charge < -0.3 is 15.7 Å². The van der Waals surface area contributed by atoms with Crippen molar-refractivity contribution in [2.45, 2.75) is 90.0 Å². The molecule has 0 rings (SSSR count). The Morgan fingerprint density at radius 1 is 0.917 bits per heavy atom. The zero-order valence-corrected chi connectivity index (χ0v) is 15.3. The van der Waals surface area contributed by atoms with Gasteiger partial charge in [-0.3, -0.25) is 9.59 Å². The number of rotatable bonds is 15. The van der Waals surface area contributed by atoms with Gasteiger partial charge in [0.05, 0.1) is 0 Å². The fourth-order valence-electron chi connectivity index (χ4n) is 2.70. The van der Waals surface area contributed by atoms with E-state index in [1.807, 2.05) is 0 Å². The van der Waals surface area contributed by atoms with Crippen LogP contribution in [0.15, 0.2) is 0 Å². The highest BCUT2D eigenvalue weighted by atomic mass is 16.4. The lowest BCUT2D eigenvalue weighted by Crippen LogP contribution is -2.42. The minimum Gasteiger partial charge on any atom is -0.480 e. The lowest BCUT2D eigenvalue weighted by molar-refractivity contribution is -0.149. The van der Waals surface area contributed by atoms with E-state index in [-0.39, 0.29) is 18.7 Å². The molecule has 0 saturated carbocycles. The number of carbonyl (C=O) groups is 3. The van der Waals surface area contributed by atoms with Crippen molar-refractivity contribution in [3.8, 4) is 0 Å². The van der Waals surface area contributed by atoms with Crippen LogP contribution in [0.3, 0.4) is 0 Å². The maximum atomic E-state index is 12.1. The van der Waals surface area contributed by atoms with Crippen LogP contribution in [0.4, 0.5) is 0 Å². The molecule has 0 saturated heterocycles. The number of carboxylic acid groups (broad SMARTS) is 1. The van der Waals surface area contributed by atoms with Crippen LogP contribution in [-0.4, -0.2) is 40.9 Å². The topological polar surface area (TPSA) is 101 Å². The first-order chi connectivity index (χ1) is 11.4. The molecule has 24 heavy (non-hydrogen) atoms. The van der Waals surface area contributed by atoms with Gasteiger partial charge in [0.1, 0.15) is 6.04 Å². The molecule has 0 aromatic rings. The highest BCUT2D eigenvalue weighted by Gasteiger charge is 2.26. The summed E-state index contributed by atoms with van der Waals surface area (Å²) < 4.78 is 0. The Hall–Kier alpha value is -1.59. The van der Waals surface area contributed by atoms with Gasteiger partial charge in [-0.25, -0.2) is 4.79 Å². The van der Waals surface area contributed by atoms with Crippen LogP contribution >= 0.6 is 0 Å². The molecule has 0 aliphatic rings. The third kappa shape index (κ3) is 11.0. The number of nitrogens with zero attached hydrogens (tertiary/aromatic N) is 1. The Bertz CT molecular complexity index is 385. The fourth-order valence-corrected chi connectivity index (χ4v) is 2.70. The van der Waals surface area contributed by atoms with Crippen LogP contribution in [0.1, 0.15) is 84.0 Å². The summed E-state index contributed by atoms with van der Waals surface area (Å²) in [4.78, 5) is 35.4. The van der Waals surface area contributed by atoms with Crippen molar-refractivity contribution in [1.82, 2.24) is 4.90 Å². The Morgan fingerprint density at radius 2 is 1.42 bits per heavy atom. The van der Waals surface area contributed by atoms with Crippen molar-refractivity contribution in [3.05, 3.63) is 0 Å². The molecule has 0 heterocycles. The smallest absolute Gasteiger partial charge is 0.326 e. The average molecular weight is 342 g/mol. The number of amides is 2. The SMILES string of the molecule is CCCCCCCCCCCC(=O)N(C)C(CCC(N)=O)C(=O)O. The lowest BCUT2D eigenvalue weighted by atomic mass is 10.1. The fraction of sp³-hybridized carbons (Fsp3) is 0.833. The standard InChI is InChI=1S/C18H34N2O4/c1-3-4-5-6-7-8-9-10-11-12-17(22)20(2)15(18(23)24)13-14-16(19)21/h15H,3-14H2,1-2H3,(H2,19,21)(H,23,24). The minimum atomic E-state index is -1.10. The third-order valence-electron chi connectivity index (χ3n) is 4.30. The monoisotopic (exact) mass is 342 g/mol. The van der Waals surface area contributed by atoms with Gasteiger partial charge in [-0.05, 0) is 12.8 Å². The summed E-state index contributed by atoms with van der Waals surface area (Å²) in [5.74, 6) is -1.84. The van der Waals surface area contributed by atoms with Gasteiger partial charge in [0.2, 0.25) is 11.8 Å². The number of hydrogen-bond donors (Lipinski definition) is 2. The molecule has 6 nitrogen and oxygen atoms in total. The van der Waals surface area contributed by atoms with Crippen LogP contribution in [0, 0.1) is 0 Å². The molecule has 3 N–H and O–H groups in total. The minimum absolute atomic E-state index is 0.0351. The molecule has 0 aliphatic heterocycles. The Morgan fingerprint density at radius 3 is 1.88 bits per heavy atom. The maximum absolute atomic E-state index is 12.1. The highest BCUT2D eigenvalue weighted by molar-refractivity contribution is 5.84. The first-order valence-corrected chi connectivity index (χ1v) is 9.16. The molecule has 0 aromatic heterocycles. The molecule has 0 radical (unpaired) electrons. The lowest BCUT2D eigenvalue weighted by Gasteiger charge is -2.24. The quantitative estimate of drug-likeness (QED) is 0.447. The van der Waals surface area contributed by atoms with Gasteiger partial charge in [0.25, 0.3) is 0 Å². The maximum Gasteiger partial charge on any atom is 0.326 e. The molecule has 0 spiro atoms. The second-order valence-electron chi connectivity index (χ2n) is 6.44. The summed E-state index contributed by atoms with van der Waals surface area (Å²) in [6, 6.07) is -0.983. The molecule has 140 valence electrons. The number of likely N-dealkylation sites (N-methyl/N-ethyl adjacent to an activating group) is 1. The zero-order valence-electron chi connectivity index (χ0n) is 15.3. The first-order valence-electron chi connectivity index (χ1n) is 9.16. The predicted molar refractivity (Wildman–Crippen MR) is 94.5 cm³/mol. The summed E-state index contributed by atoms with van der Waals surface area (Å²) in [6.45, 7) is 2.21. The van der Waals surface area contributed by atoms with E-state index in [2.05, 4.69) is 6.92 Å². The van der Waals surface area contributed by atoms with Crippen molar-refractivity contribution in [2.75, 3.05) is 7.05 Å². The van der Waals surface area contributed by atoms with Gasteiger partial charge in [0, 0.05) is 19.9 Å². The number of nitrogens with two attached hydrogens (primary N) is 1. The summed E-state index contributed by atoms with van der Waals surface area (Å²) in [5, 5.41) is 9.19. The average Bonchev–Trinajstić information content (AvgIpc) is 2.52. The van der Waals surface area contributed by atoms with Crippen LogP contribution < -0.4 is 5.73 Å². The third-order valence-corrected chi connectivity index (χ3v) is 4.30. The van der Waals surface area contributed by atoms with Crippen LogP contribution in [0.5, 0.6) is 0 Å². The molecular weight excluding hydrogens is 308 g/mol. The number of hydrogen-bond acceptors (Lipinski definition) is 3. The van der Waals surface area contributed by atoms with E-state index in [1.165, 1.54) is 50.5 Å². The molecule has 0 bridgehead atoms. The highest BCUT2D eigenvalue weighted by Crippen LogP contribution is 2.13. The normalized spacial score (nSPS) is 11.9. The van der Waals surface area contributed by atoms with Gasteiger partial charge in [0.15, 0.2) is 0 Å². The summed E-state index contributed by atoms with van der Waals surface area (Å²) in [7, 11) is 1.48. The van der Waals surface area contributed by atoms with Crippen molar-refractivity contribution < 1.29 is 19.5 Å². The summed E-state index contributed by atoms with van der Waals surface area (Å²) >= 11 is 0. The molecule has 1 unspecified atom stereocenters. The van der Waals surface area contributed by atoms with E-state index >= 15 is 0 Å².